The minimum absolute atomic E-state index is 0.0410. The van der Waals surface area contributed by atoms with E-state index in [4.69, 9.17) is 16.3 Å². The third-order valence-corrected chi connectivity index (χ3v) is 4.29. The van der Waals surface area contributed by atoms with Crippen molar-refractivity contribution in [3.63, 3.8) is 0 Å². The van der Waals surface area contributed by atoms with Crippen LogP contribution in [-0.2, 0) is 11.3 Å². The molecule has 1 N–H and O–H groups in total. The van der Waals surface area contributed by atoms with Crippen LogP contribution in [0.5, 0.6) is 0 Å². The number of nitro benzene ring substituents is 1. The monoisotopic (exact) mass is 364 g/mol. The second-order valence-corrected chi connectivity index (χ2v) is 6.22. The minimum atomic E-state index is -0.574. The third kappa shape index (κ3) is 4.34. The van der Waals surface area contributed by atoms with Crippen molar-refractivity contribution < 1.29 is 14.5 Å². The van der Waals surface area contributed by atoms with E-state index in [1.807, 2.05) is 0 Å². The van der Waals surface area contributed by atoms with Crippen LogP contribution in [0.3, 0.4) is 0 Å². The van der Waals surface area contributed by atoms with Gasteiger partial charge >= 0.3 is 0 Å². The number of halogens is 1. The third-order valence-electron chi connectivity index (χ3n) is 3.96. The van der Waals surface area contributed by atoms with Crippen LogP contribution in [-0.4, -0.2) is 33.3 Å². The first-order valence-corrected chi connectivity index (χ1v) is 8.30. The molecular weight excluding hydrogens is 348 g/mol. The fourth-order valence-electron chi connectivity index (χ4n) is 2.69. The van der Waals surface area contributed by atoms with Gasteiger partial charge in [-0.2, -0.15) is 5.10 Å². The van der Waals surface area contributed by atoms with Gasteiger partial charge in [-0.3, -0.25) is 19.6 Å². The zero-order valence-electron chi connectivity index (χ0n) is 13.4. The van der Waals surface area contributed by atoms with Crippen molar-refractivity contribution in [3.05, 3.63) is 51.3 Å². The molecule has 0 saturated carbocycles. The average molecular weight is 365 g/mol. The van der Waals surface area contributed by atoms with Gasteiger partial charge in [-0.25, -0.2) is 0 Å². The van der Waals surface area contributed by atoms with Crippen molar-refractivity contribution in [1.29, 1.82) is 0 Å². The second-order valence-electron chi connectivity index (χ2n) is 5.82. The highest BCUT2D eigenvalue weighted by Gasteiger charge is 2.18. The number of carbonyl (C=O) groups excluding carboxylic acids is 1. The van der Waals surface area contributed by atoms with E-state index >= 15 is 0 Å². The highest BCUT2D eigenvalue weighted by atomic mass is 35.5. The lowest BCUT2D eigenvalue weighted by Crippen LogP contribution is -2.24. The molecule has 1 aliphatic rings. The lowest BCUT2D eigenvalue weighted by molar-refractivity contribution is -0.384. The number of rotatable bonds is 5. The van der Waals surface area contributed by atoms with Crippen molar-refractivity contribution in [2.75, 3.05) is 11.9 Å². The van der Waals surface area contributed by atoms with Gasteiger partial charge in [0.2, 0.25) is 0 Å². The zero-order chi connectivity index (χ0) is 17.8. The fourth-order valence-corrected chi connectivity index (χ4v) is 2.89. The summed E-state index contributed by atoms with van der Waals surface area (Å²) in [6.45, 7) is 1.38. The molecule has 3 rings (SSSR count). The Bertz CT molecular complexity index is 786. The quantitative estimate of drug-likeness (QED) is 0.648. The summed E-state index contributed by atoms with van der Waals surface area (Å²) in [5.74, 6) is -0.526. The Labute approximate surface area is 148 Å². The number of nitrogens with zero attached hydrogens (tertiary/aromatic N) is 3. The van der Waals surface area contributed by atoms with E-state index in [2.05, 4.69) is 10.4 Å². The van der Waals surface area contributed by atoms with Gasteiger partial charge in [0.05, 0.1) is 40.0 Å². The first-order chi connectivity index (χ1) is 12.0. The lowest BCUT2D eigenvalue weighted by Gasteiger charge is -2.22. The Kier molecular flexibility index (Phi) is 5.30. The first-order valence-electron chi connectivity index (χ1n) is 7.92. The molecule has 1 atom stereocenters. The molecule has 1 aliphatic heterocycles. The molecule has 1 fully saturated rings. The van der Waals surface area contributed by atoms with Crippen LogP contribution in [0.25, 0.3) is 0 Å². The van der Waals surface area contributed by atoms with E-state index in [-0.39, 0.29) is 22.4 Å². The highest BCUT2D eigenvalue weighted by molar-refractivity contribution is 6.34. The minimum Gasteiger partial charge on any atom is -0.376 e. The van der Waals surface area contributed by atoms with Gasteiger partial charge in [-0.15, -0.1) is 0 Å². The molecule has 2 heterocycles. The van der Waals surface area contributed by atoms with Crippen molar-refractivity contribution in [2.45, 2.75) is 31.9 Å². The molecule has 1 aromatic carbocycles. The summed E-state index contributed by atoms with van der Waals surface area (Å²) in [5.41, 5.74) is 0.335. The van der Waals surface area contributed by atoms with E-state index < -0.39 is 10.8 Å². The molecule has 1 aromatic heterocycles. The fraction of sp³-hybridized carbons (Fsp3) is 0.375. The number of hydrogen-bond acceptors (Lipinski definition) is 5. The van der Waals surface area contributed by atoms with E-state index in [0.29, 0.717) is 12.2 Å². The molecule has 0 bridgehead atoms. The van der Waals surface area contributed by atoms with Gasteiger partial charge in [-0.1, -0.05) is 11.6 Å². The number of carbonyl (C=O) groups is 1. The van der Waals surface area contributed by atoms with Crippen LogP contribution >= 0.6 is 11.6 Å². The number of ether oxygens (including phenoxy) is 1. The van der Waals surface area contributed by atoms with Gasteiger partial charge in [0.15, 0.2) is 0 Å². The Morgan fingerprint density at radius 1 is 1.48 bits per heavy atom. The van der Waals surface area contributed by atoms with Crippen LogP contribution in [0.15, 0.2) is 30.6 Å². The topological polar surface area (TPSA) is 99.3 Å². The Hall–Kier alpha value is -2.45. The number of nitrogens with one attached hydrogen (secondary N) is 1. The summed E-state index contributed by atoms with van der Waals surface area (Å²) in [6, 6.07) is 3.73. The summed E-state index contributed by atoms with van der Waals surface area (Å²) in [7, 11) is 0. The van der Waals surface area contributed by atoms with Gasteiger partial charge in [-0.05, 0) is 25.3 Å². The summed E-state index contributed by atoms with van der Waals surface area (Å²) < 4.78 is 7.37. The maximum absolute atomic E-state index is 12.3. The Morgan fingerprint density at radius 3 is 3.04 bits per heavy atom. The number of anilines is 1. The van der Waals surface area contributed by atoms with Crippen LogP contribution in [0, 0.1) is 10.1 Å². The molecule has 2 aromatic rings. The zero-order valence-corrected chi connectivity index (χ0v) is 14.1. The van der Waals surface area contributed by atoms with Crippen LogP contribution < -0.4 is 5.32 Å². The molecule has 132 valence electrons. The molecule has 1 amide bonds. The Morgan fingerprint density at radius 2 is 2.32 bits per heavy atom. The summed E-state index contributed by atoms with van der Waals surface area (Å²) in [6.07, 6.45) is 6.56. The van der Waals surface area contributed by atoms with Crippen LogP contribution in [0.4, 0.5) is 11.4 Å². The molecule has 1 saturated heterocycles. The van der Waals surface area contributed by atoms with Gasteiger partial charge in [0.25, 0.3) is 11.6 Å². The van der Waals surface area contributed by atoms with E-state index in [1.165, 1.54) is 18.3 Å². The second kappa shape index (κ2) is 7.62. The number of non-ortho nitro benzene ring substituents is 1. The summed E-state index contributed by atoms with van der Waals surface area (Å²) in [5, 5.41) is 17.8. The maximum Gasteiger partial charge on any atom is 0.270 e. The molecule has 8 nitrogen and oxygen atoms in total. The lowest BCUT2D eigenvalue weighted by atomic mass is 10.1. The summed E-state index contributed by atoms with van der Waals surface area (Å²) >= 11 is 5.98. The van der Waals surface area contributed by atoms with E-state index in [9.17, 15) is 14.9 Å². The standard InChI is InChI=1S/C16H17ClN4O4/c17-15-5-4-12(21(23)24)7-14(15)16(22)19-11-8-18-20(9-11)10-13-3-1-2-6-25-13/h4-5,7-9,13H,1-3,6,10H2,(H,19,22). The number of aromatic nitrogens is 2. The SMILES string of the molecule is O=C(Nc1cnn(CC2CCCCO2)c1)c1cc([N+](=O)[O-])ccc1Cl. The van der Waals surface area contributed by atoms with Gasteiger partial charge in [0.1, 0.15) is 0 Å². The first kappa shape index (κ1) is 17.4. The molecule has 25 heavy (non-hydrogen) atoms. The van der Waals surface area contributed by atoms with Crippen molar-refractivity contribution in [2.24, 2.45) is 0 Å². The van der Waals surface area contributed by atoms with Gasteiger partial charge < -0.3 is 10.1 Å². The molecule has 9 heteroatoms. The van der Waals surface area contributed by atoms with Crippen molar-refractivity contribution >= 4 is 28.9 Å². The normalized spacial score (nSPS) is 17.2. The molecule has 0 aliphatic carbocycles. The molecule has 0 radical (unpaired) electrons. The molecule has 0 spiro atoms. The molecular formula is C16H17ClN4O4. The molecule has 1 unspecified atom stereocenters. The Balaban J connectivity index is 1.67. The predicted octanol–water partition coefficient (Wildman–Crippen LogP) is 3.27. The maximum atomic E-state index is 12.3. The number of amides is 1. The highest BCUT2D eigenvalue weighted by Crippen LogP contribution is 2.23. The van der Waals surface area contributed by atoms with Gasteiger partial charge in [0, 0.05) is 24.9 Å². The van der Waals surface area contributed by atoms with Crippen molar-refractivity contribution in [1.82, 2.24) is 9.78 Å². The smallest absolute Gasteiger partial charge is 0.270 e. The van der Waals surface area contributed by atoms with Crippen LogP contribution in [0.2, 0.25) is 5.02 Å². The average Bonchev–Trinajstić information content (AvgIpc) is 3.02. The number of hydrogen-bond donors (Lipinski definition) is 1. The predicted molar refractivity (Wildman–Crippen MR) is 91.9 cm³/mol. The summed E-state index contributed by atoms with van der Waals surface area (Å²) in [4.78, 5) is 22.6. The number of nitro groups is 1. The largest absolute Gasteiger partial charge is 0.376 e. The van der Waals surface area contributed by atoms with E-state index in [0.717, 1.165) is 31.9 Å². The van der Waals surface area contributed by atoms with E-state index in [1.54, 1.807) is 10.9 Å². The number of benzene rings is 1. The van der Waals surface area contributed by atoms with Crippen LogP contribution in [0.1, 0.15) is 29.6 Å². The van der Waals surface area contributed by atoms with Crippen molar-refractivity contribution in [3.8, 4) is 0 Å².